The van der Waals surface area contributed by atoms with E-state index in [0.717, 1.165) is 49.5 Å². The molecule has 0 amide bonds. The Balaban J connectivity index is 1.56. The number of pyridine rings is 1. The summed E-state index contributed by atoms with van der Waals surface area (Å²) in [5.74, 6) is 0.667. The number of hydrogen-bond acceptors (Lipinski definition) is 3. The predicted octanol–water partition coefficient (Wildman–Crippen LogP) is 7.01. The minimum absolute atomic E-state index is 0.119. The number of fused-ring (bicyclic) bond motifs is 1. The molecule has 3 N–H and O–H groups in total. The van der Waals surface area contributed by atoms with Crippen molar-refractivity contribution in [2.45, 2.75) is 83.8 Å². The highest BCUT2D eigenvalue weighted by molar-refractivity contribution is 6.32. The molecule has 1 unspecified atom stereocenters. The molecule has 0 spiro atoms. The number of rotatable bonds is 9. The Hall–Kier alpha value is -2.30. The third kappa shape index (κ3) is 5.34. The van der Waals surface area contributed by atoms with Gasteiger partial charge in [-0.25, -0.2) is 0 Å². The lowest BCUT2D eigenvalue weighted by atomic mass is 9.65. The molecular formula is C29H37ClN2O2. The first-order chi connectivity index (χ1) is 16.5. The van der Waals surface area contributed by atoms with Gasteiger partial charge in [0.2, 0.25) is 0 Å². The van der Waals surface area contributed by atoms with Crippen molar-refractivity contribution in [1.29, 1.82) is 0 Å². The van der Waals surface area contributed by atoms with Crippen molar-refractivity contribution in [2.75, 3.05) is 0 Å². The molecule has 1 aliphatic carbocycles. The fourth-order valence-corrected chi connectivity index (χ4v) is 5.81. The minimum Gasteiger partial charge on any atom is -0.489 e. The van der Waals surface area contributed by atoms with E-state index in [9.17, 15) is 4.79 Å². The predicted molar refractivity (Wildman–Crippen MR) is 142 cm³/mol. The van der Waals surface area contributed by atoms with Crippen LogP contribution in [0, 0.1) is 5.41 Å². The lowest BCUT2D eigenvalue weighted by molar-refractivity contribution is 0.0518. The number of aromatic nitrogens is 1. The zero-order valence-electron chi connectivity index (χ0n) is 20.4. The lowest BCUT2D eigenvalue weighted by Crippen LogP contribution is -2.45. The summed E-state index contributed by atoms with van der Waals surface area (Å²) >= 11 is 6.61. The Labute approximate surface area is 207 Å². The van der Waals surface area contributed by atoms with Crippen LogP contribution in [0.25, 0.3) is 10.8 Å². The maximum atomic E-state index is 12.5. The highest BCUT2D eigenvalue weighted by atomic mass is 35.5. The molecule has 2 aromatic carbocycles. The number of ether oxygens (including phenoxy) is 1. The molecule has 5 heteroatoms. The maximum Gasteiger partial charge on any atom is 0.255 e. The van der Waals surface area contributed by atoms with Gasteiger partial charge in [-0.05, 0) is 79.0 Å². The van der Waals surface area contributed by atoms with E-state index in [-0.39, 0.29) is 23.1 Å². The average molecular weight is 481 g/mol. The van der Waals surface area contributed by atoms with Gasteiger partial charge in [0.1, 0.15) is 5.75 Å². The number of hydrogen-bond donors (Lipinski definition) is 2. The third-order valence-electron chi connectivity index (χ3n) is 7.75. The molecule has 0 saturated heterocycles. The van der Waals surface area contributed by atoms with Crippen LogP contribution in [0.2, 0.25) is 5.02 Å². The summed E-state index contributed by atoms with van der Waals surface area (Å²) in [4.78, 5) is 15.4. The molecular weight excluding hydrogens is 444 g/mol. The second kappa shape index (κ2) is 11.0. The van der Waals surface area contributed by atoms with Crippen molar-refractivity contribution >= 4 is 22.4 Å². The highest BCUT2D eigenvalue weighted by Crippen LogP contribution is 2.45. The molecule has 0 radical (unpaired) electrons. The summed E-state index contributed by atoms with van der Waals surface area (Å²) in [5.41, 5.74) is 8.95. The number of aromatic amines is 1. The van der Waals surface area contributed by atoms with Crippen LogP contribution in [-0.4, -0.2) is 17.1 Å². The van der Waals surface area contributed by atoms with Gasteiger partial charge in [-0.15, -0.1) is 0 Å². The minimum atomic E-state index is -0.132. The fourth-order valence-electron chi connectivity index (χ4n) is 5.60. The van der Waals surface area contributed by atoms with Gasteiger partial charge in [0, 0.05) is 17.6 Å². The van der Waals surface area contributed by atoms with Gasteiger partial charge in [0.05, 0.1) is 11.1 Å². The molecule has 1 atom stereocenters. The van der Waals surface area contributed by atoms with Gasteiger partial charge < -0.3 is 15.5 Å². The summed E-state index contributed by atoms with van der Waals surface area (Å²) in [6, 6.07) is 14.2. The van der Waals surface area contributed by atoms with E-state index in [1.807, 2.05) is 30.5 Å². The SMILES string of the molecule is CCCC[C@]1(C(N)CC)CC[C@@H](Oc2cc3c(Cc4ccccc4)c[nH]c(=O)c3cc2Cl)CC1. The monoisotopic (exact) mass is 480 g/mol. The summed E-state index contributed by atoms with van der Waals surface area (Å²) in [5, 5.41) is 1.98. The van der Waals surface area contributed by atoms with Crippen molar-refractivity contribution in [3.8, 4) is 5.75 Å². The van der Waals surface area contributed by atoms with E-state index in [1.165, 1.54) is 24.8 Å². The molecule has 4 rings (SSSR count). The van der Waals surface area contributed by atoms with Crippen molar-refractivity contribution in [1.82, 2.24) is 4.98 Å². The standard InChI is InChI=1S/C29H37ClN2O2/c1-3-5-13-29(27(31)4-2)14-11-22(12-15-29)34-26-18-23-21(16-20-9-7-6-8-10-20)19-32-28(33)24(23)17-25(26)30/h6-10,17-19,22,27H,3-5,11-16,31H2,1-2H3,(H,32,33)/t22-,27?,29+. The number of nitrogens with one attached hydrogen (secondary N) is 1. The van der Waals surface area contributed by atoms with Gasteiger partial charge in [-0.3, -0.25) is 4.79 Å². The Morgan fingerprint density at radius 1 is 1.15 bits per heavy atom. The van der Waals surface area contributed by atoms with E-state index in [0.29, 0.717) is 16.2 Å². The first-order valence-electron chi connectivity index (χ1n) is 12.8. The summed E-state index contributed by atoms with van der Waals surface area (Å²) in [6.45, 7) is 4.45. The van der Waals surface area contributed by atoms with E-state index in [1.54, 1.807) is 6.07 Å². The summed E-state index contributed by atoms with van der Waals surface area (Å²) in [6.07, 6.45) is 11.5. The zero-order chi connectivity index (χ0) is 24.1. The second-order valence-corrected chi connectivity index (χ2v) is 10.3. The van der Waals surface area contributed by atoms with E-state index >= 15 is 0 Å². The first-order valence-corrected chi connectivity index (χ1v) is 13.1. The van der Waals surface area contributed by atoms with Crippen LogP contribution in [0.3, 0.4) is 0 Å². The Kier molecular flexibility index (Phi) is 8.00. The number of nitrogens with two attached hydrogens (primary N) is 1. The van der Waals surface area contributed by atoms with Crippen molar-refractivity contribution < 1.29 is 4.74 Å². The maximum absolute atomic E-state index is 12.5. The first kappa shape index (κ1) is 24.8. The molecule has 0 aliphatic heterocycles. The molecule has 1 fully saturated rings. The number of unbranched alkanes of at least 4 members (excludes halogenated alkanes) is 1. The third-order valence-corrected chi connectivity index (χ3v) is 8.05. The van der Waals surface area contributed by atoms with E-state index in [4.69, 9.17) is 22.1 Å². The van der Waals surface area contributed by atoms with Crippen LogP contribution < -0.4 is 16.0 Å². The molecule has 4 nitrogen and oxygen atoms in total. The molecule has 182 valence electrons. The van der Waals surface area contributed by atoms with Crippen LogP contribution in [-0.2, 0) is 6.42 Å². The molecule has 1 aromatic heterocycles. The zero-order valence-corrected chi connectivity index (χ0v) is 21.2. The van der Waals surface area contributed by atoms with Crippen LogP contribution in [0.4, 0.5) is 0 Å². The van der Waals surface area contributed by atoms with Crippen molar-refractivity contribution in [3.05, 3.63) is 75.2 Å². The van der Waals surface area contributed by atoms with Gasteiger partial charge in [0.25, 0.3) is 5.56 Å². The smallest absolute Gasteiger partial charge is 0.255 e. The van der Waals surface area contributed by atoms with E-state index in [2.05, 4.69) is 31.0 Å². The average Bonchev–Trinajstić information content (AvgIpc) is 2.86. The Morgan fingerprint density at radius 3 is 2.56 bits per heavy atom. The quantitative estimate of drug-likeness (QED) is 0.346. The van der Waals surface area contributed by atoms with Crippen LogP contribution >= 0.6 is 11.6 Å². The Morgan fingerprint density at radius 2 is 1.88 bits per heavy atom. The molecule has 1 aliphatic rings. The lowest BCUT2D eigenvalue weighted by Gasteiger charge is -2.44. The van der Waals surface area contributed by atoms with Crippen LogP contribution in [0.15, 0.2) is 53.5 Å². The fraction of sp³-hybridized carbons (Fsp3) is 0.483. The van der Waals surface area contributed by atoms with Gasteiger partial charge in [0.15, 0.2) is 0 Å². The number of benzene rings is 2. The Bertz CT molecular complexity index is 1150. The van der Waals surface area contributed by atoms with Crippen LogP contribution in [0.1, 0.15) is 76.3 Å². The summed E-state index contributed by atoms with van der Waals surface area (Å²) in [7, 11) is 0. The van der Waals surface area contributed by atoms with Gasteiger partial charge >= 0.3 is 0 Å². The van der Waals surface area contributed by atoms with Gasteiger partial charge in [-0.1, -0.05) is 68.6 Å². The van der Waals surface area contributed by atoms with E-state index < -0.39 is 0 Å². The second-order valence-electron chi connectivity index (χ2n) is 9.93. The van der Waals surface area contributed by atoms with Crippen molar-refractivity contribution in [2.24, 2.45) is 11.1 Å². The molecule has 1 saturated carbocycles. The number of H-pyrrole nitrogens is 1. The molecule has 3 aromatic rings. The highest BCUT2D eigenvalue weighted by Gasteiger charge is 2.39. The molecule has 0 bridgehead atoms. The largest absolute Gasteiger partial charge is 0.489 e. The summed E-state index contributed by atoms with van der Waals surface area (Å²) < 4.78 is 6.47. The molecule has 1 heterocycles. The number of halogens is 1. The normalized spacial score (nSPS) is 21.5. The van der Waals surface area contributed by atoms with Crippen LogP contribution in [0.5, 0.6) is 5.75 Å². The van der Waals surface area contributed by atoms with Gasteiger partial charge in [-0.2, -0.15) is 0 Å². The van der Waals surface area contributed by atoms with Crippen molar-refractivity contribution in [3.63, 3.8) is 0 Å². The topological polar surface area (TPSA) is 68.1 Å². The molecule has 34 heavy (non-hydrogen) atoms.